The highest BCUT2D eigenvalue weighted by Crippen LogP contribution is 2.26. The highest BCUT2D eigenvalue weighted by atomic mass is 16.5. The van der Waals surface area contributed by atoms with Gasteiger partial charge in [0.2, 0.25) is 0 Å². The van der Waals surface area contributed by atoms with Crippen LogP contribution >= 0.6 is 0 Å². The van der Waals surface area contributed by atoms with E-state index in [0.29, 0.717) is 12.3 Å². The SMILES string of the molecule is O=C(OCc1ccccc1)C(O)CC1CCCCCC1. The monoisotopic (exact) mass is 276 g/mol. The fraction of sp³-hybridized carbons (Fsp3) is 0.588. The molecule has 2 rings (SSSR count). The molecule has 3 heteroatoms. The molecule has 1 aliphatic rings. The van der Waals surface area contributed by atoms with Crippen LogP contribution in [0, 0.1) is 5.92 Å². The lowest BCUT2D eigenvalue weighted by Crippen LogP contribution is -2.25. The summed E-state index contributed by atoms with van der Waals surface area (Å²) in [5, 5.41) is 9.97. The molecule has 1 aromatic rings. The second kappa shape index (κ2) is 8.05. The Morgan fingerprint density at radius 2 is 1.80 bits per heavy atom. The van der Waals surface area contributed by atoms with Crippen LogP contribution in [0.4, 0.5) is 0 Å². The van der Waals surface area contributed by atoms with Crippen molar-refractivity contribution in [2.24, 2.45) is 5.92 Å². The van der Waals surface area contributed by atoms with Gasteiger partial charge < -0.3 is 9.84 Å². The van der Waals surface area contributed by atoms with Crippen molar-refractivity contribution in [2.45, 2.75) is 57.7 Å². The molecule has 1 unspecified atom stereocenters. The fourth-order valence-corrected chi connectivity index (χ4v) is 2.84. The first-order valence-electron chi connectivity index (χ1n) is 7.64. The van der Waals surface area contributed by atoms with Crippen LogP contribution in [-0.4, -0.2) is 17.2 Å². The molecular formula is C17H24O3. The number of aliphatic hydroxyl groups is 1. The number of esters is 1. The van der Waals surface area contributed by atoms with E-state index in [-0.39, 0.29) is 6.61 Å². The molecule has 0 spiro atoms. The molecule has 0 bridgehead atoms. The van der Waals surface area contributed by atoms with E-state index in [1.807, 2.05) is 30.3 Å². The van der Waals surface area contributed by atoms with Crippen LogP contribution < -0.4 is 0 Å². The molecule has 0 radical (unpaired) electrons. The maximum Gasteiger partial charge on any atom is 0.335 e. The number of carbonyl (C=O) groups is 1. The van der Waals surface area contributed by atoms with Crippen molar-refractivity contribution < 1.29 is 14.6 Å². The van der Waals surface area contributed by atoms with Crippen LogP contribution in [0.1, 0.15) is 50.5 Å². The van der Waals surface area contributed by atoms with E-state index in [1.165, 1.54) is 25.7 Å². The minimum absolute atomic E-state index is 0.237. The Hall–Kier alpha value is -1.35. The number of carbonyl (C=O) groups excluding carboxylic acids is 1. The average Bonchev–Trinajstić information content (AvgIpc) is 2.74. The number of benzene rings is 1. The first-order valence-corrected chi connectivity index (χ1v) is 7.64. The van der Waals surface area contributed by atoms with Crippen molar-refractivity contribution in [2.75, 3.05) is 0 Å². The van der Waals surface area contributed by atoms with Gasteiger partial charge in [-0.3, -0.25) is 0 Å². The van der Waals surface area contributed by atoms with Crippen molar-refractivity contribution in [1.29, 1.82) is 0 Å². The molecule has 1 N–H and O–H groups in total. The third kappa shape index (κ3) is 4.97. The molecule has 0 amide bonds. The third-order valence-electron chi connectivity index (χ3n) is 4.03. The normalized spacial score (nSPS) is 18.2. The van der Waals surface area contributed by atoms with Crippen molar-refractivity contribution in [3.8, 4) is 0 Å². The highest BCUT2D eigenvalue weighted by molar-refractivity contribution is 5.74. The Labute approximate surface area is 121 Å². The molecule has 1 saturated carbocycles. The molecule has 1 aliphatic carbocycles. The van der Waals surface area contributed by atoms with Gasteiger partial charge in [0.05, 0.1) is 0 Å². The molecule has 110 valence electrons. The third-order valence-corrected chi connectivity index (χ3v) is 4.03. The topological polar surface area (TPSA) is 46.5 Å². The molecule has 0 aromatic heterocycles. The lowest BCUT2D eigenvalue weighted by molar-refractivity contribution is -0.155. The summed E-state index contributed by atoms with van der Waals surface area (Å²) in [5.41, 5.74) is 0.947. The summed E-state index contributed by atoms with van der Waals surface area (Å²) in [6, 6.07) is 9.55. The van der Waals surface area contributed by atoms with E-state index < -0.39 is 12.1 Å². The number of hydrogen-bond donors (Lipinski definition) is 1. The highest BCUT2D eigenvalue weighted by Gasteiger charge is 2.22. The van der Waals surface area contributed by atoms with Crippen molar-refractivity contribution in [3.05, 3.63) is 35.9 Å². The Balaban J connectivity index is 1.73. The molecule has 1 fully saturated rings. The van der Waals surface area contributed by atoms with E-state index in [4.69, 9.17) is 4.74 Å². The summed E-state index contributed by atoms with van der Waals surface area (Å²) in [5.74, 6) is -0.0186. The lowest BCUT2D eigenvalue weighted by atomic mass is 9.94. The largest absolute Gasteiger partial charge is 0.459 e. The minimum Gasteiger partial charge on any atom is -0.459 e. The van der Waals surface area contributed by atoms with Crippen molar-refractivity contribution in [3.63, 3.8) is 0 Å². The van der Waals surface area contributed by atoms with Gasteiger partial charge in [-0.2, -0.15) is 0 Å². The predicted octanol–water partition coefficient (Wildman–Crippen LogP) is 3.45. The van der Waals surface area contributed by atoms with E-state index in [2.05, 4.69) is 0 Å². The maximum absolute atomic E-state index is 11.8. The number of rotatable bonds is 5. The summed E-state index contributed by atoms with van der Waals surface area (Å²) in [6.45, 7) is 0.237. The maximum atomic E-state index is 11.8. The van der Waals surface area contributed by atoms with Gasteiger partial charge in [-0.25, -0.2) is 4.79 Å². The standard InChI is InChI=1S/C17H24O3/c18-16(12-14-8-4-1-2-5-9-14)17(19)20-13-15-10-6-3-7-11-15/h3,6-7,10-11,14,16,18H,1-2,4-5,8-9,12-13H2. The fourth-order valence-electron chi connectivity index (χ4n) is 2.84. The van der Waals surface area contributed by atoms with Gasteiger partial charge in [0.15, 0.2) is 6.10 Å². The Bertz CT molecular complexity index is 394. The number of aliphatic hydroxyl groups excluding tert-OH is 1. The zero-order valence-corrected chi connectivity index (χ0v) is 12.0. The second-order valence-corrected chi connectivity index (χ2v) is 5.70. The van der Waals surface area contributed by atoms with Gasteiger partial charge in [-0.05, 0) is 17.9 Å². The molecule has 3 nitrogen and oxygen atoms in total. The van der Waals surface area contributed by atoms with Crippen LogP contribution in [0.5, 0.6) is 0 Å². The molecular weight excluding hydrogens is 252 g/mol. The Morgan fingerprint density at radius 1 is 1.15 bits per heavy atom. The predicted molar refractivity (Wildman–Crippen MR) is 78.1 cm³/mol. The smallest absolute Gasteiger partial charge is 0.335 e. The van der Waals surface area contributed by atoms with Gasteiger partial charge in [-0.15, -0.1) is 0 Å². The van der Waals surface area contributed by atoms with E-state index in [0.717, 1.165) is 18.4 Å². The van der Waals surface area contributed by atoms with Crippen molar-refractivity contribution in [1.82, 2.24) is 0 Å². The molecule has 0 heterocycles. The summed E-state index contributed by atoms with van der Waals surface area (Å²) in [4.78, 5) is 11.8. The summed E-state index contributed by atoms with van der Waals surface area (Å²) >= 11 is 0. The van der Waals surface area contributed by atoms with Crippen LogP contribution in [-0.2, 0) is 16.1 Å². The minimum atomic E-state index is -0.971. The van der Waals surface area contributed by atoms with Gasteiger partial charge in [0.1, 0.15) is 6.61 Å². The lowest BCUT2D eigenvalue weighted by Gasteiger charge is -2.17. The summed E-state index contributed by atoms with van der Waals surface area (Å²) < 4.78 is 5.17. The van der Waals surface area contributed by atoms with Crippen molar-refractivity contribution >= 4 is 5.97 Å². The van der Waals surface area contributed by atoms with Crippen LogP contribution in [0.2, 0.25) is 0 Å². The zero-order chi connectivity index (χ0) is 14.2. The molecule has 1 atom stereocenters. The first kappa shape index (κ1) is 15.0. The molecule has 0 saturated heterocycles. The average molecular weight is 276 g/mol. The molecule has 0 aliphatic heterocycles. The molecule has 20 heavy (non-hydrogen) atoms. The van der Waals surface area contributed by atoms with Crippen LogP contribution in [0.3, 0.4) is 0 Å². The van der Waals surface area contributed by atoms with Gasteiger partial charge in [0, 0.05) is 0 Å². The van der Waals surface area contributed by atoms with Gasteiger partial charge in [0.25, 0.3) is 0 Å². The second-order valence-electron chi connectivity index (χ2n) is 5.70. The van der Waals surface area contributed by atoms with E-state index >= 15 is 0 Å². The molecule has 1 aromatic carbocycles. The van der Waals surface area contributed by atoms with Gasteiger partial charge in [-0.1, -0.05) is 68.9 Å². The Morgan fingerprint density at radius 3 is 2.45 bits per heavy atom. The zero-order valence-electron chi connectivity index (χ0n) is 12.0. The van der Waals surface area contributed by atoms with Crippen LogP contribution in [0.25, 0.3) is 0 Å². The van der Waals surface area contributed by atoms with Gasteiger partial charge >= 0.3 is 5.97 Å². The van der Waals surface area contributed by atoms with E-state index in [9.17, 15) is 9.90 Å². The number of ether oxygens (including phenoxy) is 1. The van der Waals surface area contributed by atoms with Crippen LogP contribution in [0.15, 0.2) is 30.3 Å². The first-order chi connectivity index (χ1) is 9.75. The van der Waals surface area contributed by atoms with E-state index in [1.54, 1.807) is 0 Å². The Kier molecular flexibility index (Phi) is 6.06. The summed E-state index contributed by atoms with van der Waals surface area (Å²) in [7, 11) is 0. The summed E-state index contributed by atoms with van der Waals surface area (Å²) in [6.07, 6.45) is 6.84. The number of hydrogen-bond acceptors (Lipinski definition) is 3. The quantitative estimate of drug-likeness (QED) is 0.662.